The molecule has 0 bridgehead atoms. The second-order valence-corrected chi connectivity index (χ2v) is 10.2. The van der Waals surface area contributed by atoms with E-state index in [1.165, 1.54) is 11.6 Å². The molecule has 1 saturated heterocycles. The highest BCUT2D eigenvalue weighted by molar-refractivity contribution is 5.84. The molecule has 2 heterocycles. The molecule has 0 spiro atoms. The third kappa shape index (κ3) is 5.97. The molecule has 2 aromatic rings. The number of ether oxygens (including phenoxy) is 1. The number of hydrogen-bond acceptors (Lipinski definition) is 6. The first-order valence-electron chi connectivity index (χ1n) is 12.8. The van der Waals surface area contributed by atoms with Gasteiger partial charge in [0.15, 0.2) is 11.6 Å². The van der Waals surface area contributed by atoms with Crippen molar-refractivity contribution in [2.24, 2.45) is 5.92 Å². The maximum absolute atomic E-state index is 14.5. The Labute approximate surface area is 213 Å². The number of alkyl halides is 3. The van der Waals surface area contributed by atoms with Crippen LogP contribution in [0.2, 0.25) is 0 Å². The summed E-state index contributed by atoms with van der Waals surface area (Å²) >= 11 is 0. The number of carbonyl (C=O) groups excluding carboxylic acids is 1. The lowest BCUT2D eigenvalue weighted by atomic mass is 9.96. The van der Waals surface area contributed by atoms with E-state index in [-0.39, 0.29) is 12.5 Å². The molecule has 7 nitrogen and oxygen atoms in total. The fourth-order valence-corrected chi connectivity index (χ4v) is 5.28. The van der Waals surface area contributed by atoms with Crippen molar-refractivity contribution in [2.45, 2.75) is 50.8 Å². The number of fused-ring (bicyclic) bond motifs is 1. The summed E-state index contributed by atoms with van der Waals surface area (Å²) in [5, 5.41) is 3.30. The molecule has 1 aromatic carbocycles. The molecule has 2 aliphatic carbocycles. The van der Waals surface area contributed by atoms with Crippen molar-refractivity contribution in [2.75, 3.05) is 44.2 Å². The summed E-state index contributed by atoms with van der Waals surface area (Å²) in [4.78, 5) is 26.5. The van der Waals surface area contributed by atoms with Gasteiger partial charge in [0.2, 0.25) is 5.91 Å². The summed E-state index contributed by atoms with van der Waals surface area (Å²) in [5.74, 6) is -1.04. The number of rotatable bonds is 8. The van der Waals surface area contributed by atoms with Gasteiger partial charge in [0, 0.05) is 44.0 Å². The number of amides is 1. The van der Waals surface area contributed by atoms with Crippen molar-refractivity contribution in [3.63, 3.8) is 0 Å². The number of hydrogen-bond donors (Lipinski definition) is 1. The summed E-state index contributed by atoms with van der Waals surface area (Å²) < 4.78 is 56.0. The fourth-order valence-electron chi connectivity index (χ4n) is 5.28. The van der Waals surface area contributed by atoms with Gasteiger partial charge in [-0.3, -0.25) is 4.79 Å². The van der Waals surface area contributed by atoms with Gasteiger partial charge in [-0.25, -0.2) is 14.4 Å². The summed E-state index contributed by atoms with van der Waals surface area (Å²) in [6, 6.07) is 3.26. The Bertz CT molecular complexity index is 1130. The molecule has 2 fully saturated rings. The van der Waals surface area contributed by atoms with E-state index in [4.69, 9.17) is 0 Å². The first-order valence-corrected chi connectivity index (χ1v) is 12.8. The normalized spacial score (nSPS) is 20.6. The van der Waals surface area contributed by atoms with Gasteiger partial charge >= 0.3 is 6.36 Å². The van der Waals surface area contributed by atoms with E-state index in [2.05, 4.69) is 31.8 Å². The van der Waals surface area contributed by atoms with Crippen LogP contribution in [-0.4, -0.2) is 66.4 Å². The predicted molar refractivity (Wildman–Crippen MR) is 129 cm³/mol. The Morgan fingerprint density at radius 2 is 1.92 bits per heavy atom. The molecule has 1 saturated carbocycles. The molecule has 1 unspecified atom stereocenters. The van der Waals surface area contributed by atoms with Crippen LogP contribution < -0.4 is 15.0 Å². The monoisotopic (exact) mass is 521 g/mol. The highest BCUT2D eigenvalue weighted by Gasteiger charge is 2.35. The molecule has 3 aliphatic rings. The van der Waals surface area contributed by atoms with Crippen molar-refractivity contribution < 1.29 is 27.1 Å². The van der Waals surface area contributed by atoms with Crippen molar-refractivity contribution in [1.82, 2.24) is 20.2 Å². The molecule has 1 aliphatic heterocycles. The largest absolute Gasteiger partial charge is 0.573 e. The fraction of sp³-hybridized carbons (Fsp3) is 0.577. The zero-order valence-corrected chi connectivity index (χ0v) is 20.7. The third-order valence-corrected chi connectivity index (χ3v) is 7.50. The van der Waals surface area contributed by atoms with Crippen LogP contribution in [0.25, 0.3) is 0 Å². The zero-order valence-electron chi connectivity index (χ0n) is 20.7. The van der Waals surface area contributed by atoms with Crippen LogP contribution in [0.1, 0.15) is 54.8 Å². The smallest absolute Gasteiger partial charge is 0.403 e. The van der Waals surface area contributed by atoms with E-state index >= 15 is 0 Å². The van der Waals surface area contributed by atoms with Gasteiger partial charge in [-0.2, -0.15) is 0 Å². The van der Waals surface area contributed by atoms with E-state index < -0.39 is 23.8 Å². The molecule has 1 aromatic heterocycles. The van der Waals surface area contributed by atoms with Gasteiger partial charge in [0.05, 0.1) is 5.92 Å². The minimum atomic E-state index is -5.00. The molecule has 11 heteroatoms. The van der Waals surface area contributed by atoms with Crippen molar-refractivity contribution in [3.8, 4) is 5.75 Å². The van der Waals surface area contributed by atoms with Crippen molar-refractivity contribution >= 4 is 11.7 Å². The molecule has 2 atom stereocenters. The highest BCUT2D eigenvalue weighted by Crippen LogP contribution is 2.37. The number of halogens is 4. The lowest BCUT2D eigenvalue weighted by Crippen LogP contribution is -2.51. The minimum Gasteiger partial charge on any atom is -0.403 e. The number of aryl methyl sites for hydroxylation is 1. The van der Waals surface area contributed by atoms with Crippen LogP contribution in [0, 0.1) is 11.7 Å². The summed E-state index contributed by atoms with van der Waals surface area (Å²) in [6.07, 6.45) is 0.881. The molecular formula is C26H31F4N5O2. The van der Waals surface area contributed by atoms with Crippen LogP contribution in [0.15, 0.2) is 24.5 Å². The molecule has 1 N–H and O–H groups in total. The lowest BCUT2D eigenvalue weighted by Gasteiger charge is -2.38. The quantitative estimate of drug-likeness (QED) is 0.530. The number of anilines is 1. The van der Waals surface area contributed by atoms with Crippen molar-refractivity contribution in [3.05, 3.63) is 47.2 Å². The number of piperazine rings is 1. The number of nitrogens with one attached hydrogen (secondary N) is 1. The van der Waals surface area contributed by atoms with Crippen LogP contribution >= 0.6 is 0 Å². The zero-order chi connectivity index (χ0) is 26.2. The molecule has 1 amide bonds. The standard InChI is InChI=1S/C26H31F4N5O2/c1-16-2-6-21-23(16)24(33-15-32-21)34-8-10-35(11-9-34)25(36)19(14-31-13-17-3-4-17)18-5-7-22(20(27)12-18)37-26(28,29)30/h5,7,12,15-17,19,31H,2-4,6,8-11,13-14H2,1H3/t16-,19?/m1/s1. The summed E-state index contributed by atoms with van der Waals surface area (Å²) in [6.45, 7) is 5.39. The minimum absolute atomic E-state index is 0.173. The summed E-state index contributed by atoms with van der Waals surface area (Å²) in [7, 11) is 0. The van der Waals surface area contributed by atoms with Gasteiger partial charge in [-0.05, 0) is 61.8 Å². The van der Waals surface area contributed by atoms with E-state index in [0.717, 1.165) is 55.9 Å². The van der Waals surface area contributed by atoms with Gasteiger partial charge in [0.1, 0.15) is 12.1 Å². The number of aromatic nitrogens is 2. The molecule has 200 valence electrons. The average molecular weight is 522 g/mol. The average Bonchev–Trinajstić information content (AvgIpc) is 3.62. The van der Waals surface area contributed by atoms with Gasteiger partial charge in [-0.15, -0.1) is 13.2 Å². The maximum atomic E-state index is 14.5. The van der Waals surface area contributed by atoms with Gasteiger partial charge in [0.25, 0.3) is 0 Å². The molecule has 0 radical (unpaired) electrons. The molecule has 37 heavy (non-hydrogen) atoms. The van der Waals surface area contributed by atoms with Crippen LogP contribution in [0.3, 0.4) is 0 Å². The topological polar surface area (TPSA) is 70.6 Å². The first kappa shape index (κ1) is 25.7. The Hall–Kier alpha value is -2.95. The second kappa shape index (κ2) is 10.4. The maximum Gasteiger partial charge on any atom is 0.573 e. The number of benzene rings is 1. The van der Waals surface area contributed by atoms with Crippen LogP contribution in [0.4, 0.5) is 23.4 Å². The van der Waals surface area contributed by atoms with E-state index in [1.807, 2.05) is 0 Å². The van der Waals surface area contributed by atoms with Crippen LogP contribution in [0.5, 0.6) is 5.75 Å². The molecule has 5 rings (SSSR count). The predicted octanol–water partition coefficient (Wildman–Crippen LogP) is 4.00. The first-order chi connectivity index (χ1) is 17.7. The Morgan fingerprint density at radius 1 is 1.16 bits per heavy atom. The van der Waals surface area contributed by atoms with Crippen molar-refractivity contribution in [1.29, 1.82) is 0 Å². The number of nitrogens with zero attached hydrogens (tertiary/aromatic N) is 4. The Morgan fingerprint density at radius 3 is 2.59 bits per heavy atom. The van der Waals surface area contributed by atoms with Gasteiger partial charge in [-0.1, -0.05) is 13.0 Å². The summed E-state index contributed by atoms with van der Waals surface area (Å²) in [5.41, 5.74) is 2.61. The third-order valence-electron chi connectivity index (χ3n) is 7.50. The molecular weight excluding hydrogens is 490 g/mol. The Kier molecular flexibility index (Phi) is 7.24. The van der Waals surface area contributed by atoms with E-state index in [1.54, 1.807) is 11.2 Å². The van der Waals surface area contributed by atoms with Crippen LogP contribution in [-0.2, 0) is 11.2 Å². The Balaban J connectivity index is 1.29. The SMILES string of the molecule is C[C@@H]1CCc2ncnc(N3CCN(C(=O)C(CNCC4CC4)c4ccc(OC(F)(F)F)c(F)c4)CC3)c21. The highest BCUT2D eigenvalue weighted by atomic mass is 19.4. The second-order valence-electron chi connectivity index (χ2n) is 10.2. The van der Waals surface area contributed by atoms with E-state index in [0.29, 0.717) is 43.6 Å². The van der Waals surface area contributed by atoms with Gasteiger partial charge < -0.3 is 19.9 Å². The lowest BCUT2D eigenvalue weighted by molar-refractivity contribution is -0.275. The number of carbonyl (C=O) groups is 1. The van der Waals surface area contributed by atoms with E-state index in [9.17, 15) is 22.4 Å².